The summed E-state index contributed by atoms with van der Waals surface area (Å²) in [5.41, 5.74) is 3.93. The van der Waals surface area contributed by atoms with Gasteiger partial charge in [0.1, 0.15) is 5.75 Å². The minimum absolute atomic E-state index is 0.170. The van der Waals surface area contributed by atoms with Crippen molar-refractivity contribution in [1.29, 1.82) is 0 Å². The van der Waals surface area contributed by atoms with E-state index in [0.29, 0.717) is 17.3 Å². The maximum absolute atomic E-state index is 11.2. The van der Waals surface area contributed by atoms with E-state index in [0.717, 1.165) is 28.7 Å². The molecule has 3 aromatic carbocycles. The fraction of sp³-hybridized carbons (Fsp3) is 0.240. The smallest absolute Gasteiger partial charge is 0.335 e. The number of nitrogens with one attached hydrogen (secondary N) is 1. The van der Waals surface area contributed by atoms with Gasteiger partial charge < -0.3 is 20.3 Å². The molecule has 0 bridgehead atoms. The van der Waals surface area contributed by atoms with Crippen molar-refractivity contribution >= 4 is 17.6 Å². The number of aliphatic hydroxyl groups is 1. The highest BCUT2D eigenvalue weighted by Crippen LogP contribution is 2.31. The largest absolute Gasteiger partial charge is 0.496 e. The number of benzene rings is 3. The maximum Gasteiger partial charge on any atom is 0.335 e. The number of aliphatic hydroxyl groups excluding tert-OH is 1. The van der Waals surface area contributed by atoms with E-state index < -0.39 is 12.1 Å². The van der Waals surface area contributed by atoms with Gasteiger partial charge in [-0.3, -0.25) is 0 Å². The van der Waals surface area contributed by atoms with Gasteiger partial charge in [0.2, 0.25) is 0 Å². The van der Waals surface area contributed by atoms with E-state index in [-0.39, 0.29) is 11.6 Å². The van der Waals surface area contributed by atoms with Crippen LogP contribution in [-0.2, 0) is 6.42 Å². The van der Waals surface area contributed by atoms with E-state index in [4.69, 9.17) is 21.4 Å². The normalized spacial score (nSPS) is 12.9. The molecule has 0 unspecified atom stereocenters. The first kappa shape index (κ1) is 22.8. The van der Waals surface area contributed by atoms with E-state index in [1.807, 2.05) is 36.4 Å². The fourth-order valence-electron chi connectivity index (χ4n) is 3.45. The van der Waals surface area contributed by atoms with Gasteiger partial charge in [-0.25, -0.2) is 4.79 Å². The Morgan fingerprint density at radius 2 is 1.84 bits per heavy atom. The standard InChI is InChI=1S/C25H26ClNO4/c1-16(27-15-23(28)19-4-3-5-21(26)13-19)12-17-6-8-18(9-7-17)22-11-10-20(25(29)30)14-24(22)31-2/h3-11,13-14,16,23,27-28H,12,15H2,1-2H3,(H,29,30)/t16-,23+/m1/s1. The highest BCUT2D eigenvalue weighted by Gasteiger charge is 2.12. The predicted octanol–water partition coefficient (Wildman–Crippen LogP) is 4.97. The lowest BCUT2D eigenvalue weighted by Gasteiger charge is -2.18. The zero-order chi connectivity index (χ0) is 22.4. The van der Waals surface area contributed by atoms with Crippen molar-refractivity contribution in [3.05, 3.63) is 88.4 Å². The van der Waals surface area contributed by atoms with Crippen LogP contribution in [0.2, 0.25) is 5.02 Å². The molecule has 31 heavy (non-hydrogen) atoms. The van der Waals surface area contributed by atoms with Crippen LogP contribution in [0.4, 0.5) is 0 Å². The molecule has 5 nitrogen and oxygen atoms in total. The minimum Gasteiger partial charge on any atom is -0.496 e. The SMILES string of the molecule is COc1cc(C(=O)O)ccc1-c1ccc(C[C@@H](C)NC[C@H](O)c2cccc(Cl)c2)cc1. The molecule has 3 N–H and O–H groups in total. The molecule has 0 aliphatic carbocycles. The van der Waals surface area contributed by atoms with Crippen LogP contribution in [0.5, 0.6) is 5.75 Å². The Balaban J connectivity index is 1.61. The molecule has 0 saturated carbocycles. The number of methoxy groups -OCH3 is 1. The molecular formula is C25H26ClNO4. The summed E-state index contributed by atoms with van der Waals surface area (Å²) in [4.78, 5) is 11.2. The molecular weight excluding hydrogens is 414 g/mol. The third-order valence-corrected chi connectivity index (χ3v) is 5.38. The van der Waals surface area contributed by atoms with Gasteiger partial charge in [-0.1, -0.05) is 48.0 Å². The molecule has 6 heteroatoms. The first-order valence-electron chi connectivity index (χ1n) is 10.0. The molecule has 0 aromatic heterocycles. The number of ether oxygens (including phenoxy) is 1. The first-order chi connectivity index (χ1) is 14.9. The molecule has 0 aliphatic rings. The summed E-state index contributed by atoms with van der Waals surface area (Å²) >= 11 is 5.99. The van der Waals surface area contributed by atoms with Gasteiger partial charge in [-0.05, 0) is 60.4 Å². The van der Waals surface area contributed by atoms with Gasteiger partial charge in [0.15, 0.2) is 0 Å². The van der Waals surface area contributed by atoms with Crippen LogP contribution >= 0.6 is 11.6 Å². The molecule has 162 valence electrons. The van der Waals surface area contributed by atoms with Crippen molar-refractivity contribution in [3.8, 4) is 16.9 Å². The molecule has 0 heterocycles. The fourth-order valence-corrected chi connectivity index (χ4v) is 3.65. The van der Waals surface area contributed by atoms with Crippen molar-refractivity contribution in [2.24, 2.45) is 0 Å². The van der Waals surface area contributed by atoms with Gasteiger partial charge in [0.05, 0.1) is 18.8 Å². The third-order valence-electron chi connectivity index (χ3n) is 5.15. The number of hydrogen-bond acceptors (Lipinski definition) is 4. The summed E-state index contributed by atoms with van der Waals surface area (Å²) in [7, 11) is 1.53. The lowest BCUT2D eigenvalue weighted by Crippen LogP contribution is -2.32. The highest BCUT2D eigenvalue weighted by molar-refractivity contribution is 6.30. The molecule has 0 radical (unpaired) electrons. The summed E-state index contributed by atoms with van der Waals surface area (Å²) in [6.45, 7) is 2.51. The first-order valence-corrected chi connectivity index (χ1v) is 10.4. The summed E-state index contributed by atoms with van der Waals surface area (Å²) in [5, 5.41) is 23.5. The zero-order valence-electron chi connectivity index (χ0n) is 17.5. The second-order valence-electron chi connectivity index (χ2n) is 7.50. The van der Waals surface area contributed by atoms with Crippen molar-refractivity contribution in [2.45, 2.75) is 25.5 Å². The number of carbonyl (C=O) groups is 1. The third kappa shape index (κ3) is 6.07. The van der Waals surface area contributed by atoms with E-state index >= 15 is 0 Å². The van der Waals surface area contributed by atoms with Crippen LogP contribution < -0.4 is 10.1 Å². The van der Waals surface area contributed by atoms with Crippen molar-refractivity contribution in [3.63, 3.8) is 0 Å². The van der Waals surface area contributed by atoms with Crippen LogP contribution in [0, 0.1) is 0 Å². The Morgan fingerprint density at radius 3 is 2.48 bits per heavy atom. The van der Waals surface area contributed by atoms with E-state index in [9.17, 15) is 9.90 Å². The van der Waals surface area contributed by atoms with E-state index in [2.05, 4.69) is 12.2 Å². The second kappa shape index (κ2) is 10.4. The maximum atomic E-state index is 11.2. The number of aromatic carboxylic acids is 1. The summed E-state index contributed by atoms with van der Waals surface area (Å²) in [5.74, 6) is -0.458. The van der Waals surface area contributed by atoms with Crippen molar-refractivity contribution in [1.82, 2.24) is 5.32 Å². The number of rotatable bonds is 9. The molecule has 3 aromatic rings. The van der Waals surface area contributed by atoms with Crippen LogP contribution in [-0.4, -0.2) is 35.9 Å². The zero-order valence-corrected chi connectivity index (χ0v) is 18.3. The Kier molecular flexibility index (Phi) is 7.69. The van der Waals surface area contributed by atoms with Crippen LogP contribution in [0.15, 0.2) is 66.7 Å². The molecule has 0 aliphatic heterocycles. The quantitative estimate of drug-likeness (QED) is 0.438. The van der Waals surface area contributed by atoms with Gasteiger partial charge in [-0.2, -0.15) is 0 Å². The predicted molar refractivity (Wildman–Crippen MR) is 123 cm³/mol. The minimum atomic E-state index is -0.984. The summed E-state index contributed by atoms with van der Waals surface area (Å²) in [6.07, 6.45) is 0.183. The molecule has 0 spiro atoms. The van der Waals surface area contributed by atoms with Gasteiger partial charge in [-0.15, -0.1) is 0 Å². The average molecular weight is 440 g/mol. The number of hydrogen-bond donors (Lipinski definition) is 3. The van der Waals surface area contributed by atoms with Gasteiger partial charge >= 0.3 is 5.97 Å². The Morgan fingerprint density at radius 1 is 1.10 bits per heavy atom. The lowest BCUT2D eigenvalue weighted by atomic mass is 9.99. The Hall–Kier alpha value is -2.86. The summed E-state index contributed by atoms with van der Waals surface area (Å²) in [6, 6.07) is 20.4. The average Bonchev–Trinajstić information content (AvgIpc) is 2.77. The topological polar surface area (TPSA) is 78.8 Å². The van der Waals surface area contributed by atoms with E-state index in [1.165, 1.54) is 13.2 Å². The van der Waals surface area contributed by atoms with Gasteiger partial charge in [0, 0.05) is 23.2 Å². The monoisotopic (exact) mass is 439 g/mol. The molecule has 2 atom stereocenters. The number of carboxylic acid groups (broad SMARTS) is 1. The molecule has 3 rings (SSSR count). The van der Waals surface area contributed by atoms with Crippen molar-refractivity contribution in [2.75, 3.05) is 13.7 Å². The highest BCUT2D eigenvalue weighted by atomic mass is 35.5. The molecule has 0 fully saturated rings. The van der Waals surface area contributed by atoms with Gasteiger partial charge in [0.25, 0.3) is 0 Å². The second-order valence-corrected chi connectivity index (χ2v) is 7.94. The van der Waals surface area contributed by atoms with Crippen molar-refractivity contribution < 1.29 is 19.7 Å². The molecule has 0 amide bonds. The molecule has 0 saturated heterocycles. The Bertz CT molecular complexity index is 1040. The lowest BCUT2D eigenvalue weighted by molar-refractivity contribution is 0.0696. The van der Waals surface area contributed by atoms with Crippen LogP contribution in [0.25, 0.3) is 11.1 Å². The van der Waals surface area contributed by atoms with Crippen LogP contribution in [0.3, 0.4) is 0 Å². The van der Waals surface area contributed by atoms with Crippen LogP contribution in [0.1, 0.15) is 34.5 Å². The number of carboxylic acids is 1. The Labute approximate surface area is 187 Å². The van der Waals surface area contributed by atoms with E-state index in [1.54, 1.807) is 24.3 Å². The number of halogens is 1. The summed E-state index contributed by atoms with van der Waals surface area (Å²) < 4.78 is 5.38.